The lowest BCUT2D eigenvalue weighted by Crippen LogP contribution is -2.09. The first-order valence-electron chi connectivity index (χ1n) is 5.67. The van der Waals surface area contributed by atoms with Gasteiger partial charge in [0.1, 0.15) is 0 Å². The third kappa shape index (κ3) is 3.43. The molecule has 1 heterocycles. The first-order valence-corrected chi connectivity index (χ1v) is 5.67. The van der Waals surface area contributed by atoms with Gasteiger partial charge < -0.3 is 4.74 Å². The van der Waals surface area contributed by atoms with Crippen LogP contribution in [0.1, 0.15) is 11.1 Å². The number of nitriles is 1. The fourth-order valence-corrected chi connectivity index (χ4v) is 1.39. The van der Waals surface area contributed by atoms with E-state index in [2.05, 4.69) is 20.5 Å². The molecule has 0 aliphatic rings. The number of methoxy groups -OCH3 is 1. The molecule has 7 nitrogen and oxygen atoms in total. The number of anilines is 1. The van der Waals surface area contributed by atoms with E-state index in [9.17, 15) is 4.79 Å². The van der Waals surface area contributed by atoms with Crippen molar-refractivity contribution in [1.29, 1.82) is 5.26 Å². The molecule has 0 bridgehead atoms. The third-order valence-electron chi connectivity index (χ3n) is 2.36. The van der Waals surface area contributed by atoms with Crippen molar-refractivity contribution < 1.29 is 9.53 Å². The summed E-state index contributed by atoms with van der Waals surface area (Å²) in [6.45, 7) is 0. The maximum atomic E-state index is 11.6. The molecule has 20 heavy (non-hydrogen) atoms. The molecule has 0 aliphatic carbocycles. The smallest absolute Gasteiger partial charge is 0.336 e. The molecule has 0 saturated heterocycles. The second-order valence-corrected chi connectivity index (χ2v) is 3.73. The zero-order valence-corrected chi connectivity index (χ0v) is 10.6. The molecule has 2 rings (SSSR count). The number of rotatable bonds is 4. The highest BCUT2D eigenvalue weighted by Crippen LogP contribution is 2.07. The van der Waals surface area contributed by atoms with Gasteiger partial charge in [0.2, 0.25) is 5.95 Å². The molecular weight excluding hydrogens is 258 g/mol. The molecule has 0 atom stereocenters. The Balaban J connectivity index is 1.96. The monoisotopic (exact) mass is 269 g/mol. The molecule has 0 unspecified atom stereocenters. The van der Waals surface area contributed by atoms with Crippen LogP contribution in [-0.4, -0.2) is 28.2 Å². The van der Waals surface area contributed by atoms with Gasteiger partial charge in [0.25, 0.3) is 5.91 Å². The van der Waals surface area contributed by atoms with Crippen LogP contribution in [0.3, 0.4) is 0 Å². The Kier molecular flexibility index (Phi) is 4.09. The Morgan fingerprint density at radius 2 is 2.20 bits per heavy atom. The molecule has 2 aromatic rings. The number of amides is 1. The predicted octanol–water partition coefficient (Wildman–Crippen LogP) is 1.34. The summed E-state index contributed by atoms with van der Waals surface area (Å²) in [6, 6.07) is 9.03. The zero-order valence-electron chi connectivity index (χ0n) is 10.6. The summed E-state index contributed by atoms with van der Waals surface area (Å²) in [6.07, 6.45) is 2.99. The maximum Gasteiger partial charge on any atom is 0.336 e. The topological polar surface area (TPSA) is 104 Å². The van der Waals surface area contributed by atoms with Crippen molar-refractivity contribution >= 4 is 17.9 Å². The highest BCUT2D eigenvalue weighted by atomic mass is 16.5. The highest BCUT2D eigenvalue weighted by molar-refractivity contribution is 6.00. The lowest BCUT2D eigenvalue weighted by atomic mass is 10.1. The maximum absolute atomic E-state index is 11.6. The number of carbonyl (C=O) groups is 1. The highest BCUT2D eigenvalue weighted by Gasteiger charge is 2.04. The summed E-state index contributed by atoms with van der Waals surface area (Å²) in [5, 5.41) is 17.4. The number of H-pyrrole nitrogens is 1. The number of aromatic nitrogens is 3. The van der Waals surface area contributed by atoms with Gasteiger partial charge in [0, 0.05) is 6.08 Å². The van der Waals surface area contributed by atoms with Gasteiger partial charge in [-0.05, 0) is 23.8 Å². The number of hydrogen-bond donors (Lipinski definition) is 2. The van der Waals surface area contributed by atoms with Crippen LogP contribution in [0.25, 0.3) is 6.08 Å². The van der Waals surface area contributed by atoms with E-state index in [0.29, 0.717) is 5.56 Å². The fourth-order valence-electron chi connectivity index (χ4n) is 1.39. The van der Waals surface area contributed by atoms with Crippen molar-refractivity contribution in [3.05, 3.63) is 41.5 Å². The van der Waals surface area contributed by atoms with E-state index in [-0.39, 0.29) is 17.9 Å². The number of benzene rings is 1. The zero-order chi connectivity index (χ0) is 14.4. The first-order chi connectivity index (χ1) is 9.71. The van der Waals surface area contributed by atoms with E-state index in [1.54, 1.807) is 30.3 Å². The fraction of sp³-hybridized carbons (Fsp3) is 0.0769. The number of nitrogens with one attached hydrogen (secondary N) is 2. The second kappa shape index (κ2) is 6.15. The minimum atomic E-state index is -0.354. The SMILES string of the molecule is COc1n[nH]c(NC(=O)/C=C/c2ccc(C#N)cc2)n1. The van der Waals surface area contributed by atoms with Gasteiger partial charge in [0.15, 0.2) is 0 Å². The van der Waals surface area contributed by atoms with Crippen molar-refractivity contribution in [3.8, 4) is 12.1 Å². The van der Waals surface area contributed by atoms with Crippen molar-refractivity contribution in [2.75, 3.05) is 12.4 Å². The molecule has 0 aliphatic heterocycles. The molecule has 100 valence electrons. The Bertz CT molecular complexity index is 667. The summed E-state index contributed by atoms with van der Waals surface area (Å²) >= 11 is 0. The van der Waals surface area contributed by atoms with Crippen molar-refractivity contribution in [1.82, 2.24) is 15.2 Å². The van der Waals surface area contributed by atoms with E-state index in [4.69, 9.17) is 10.00 Å². The third-order valence-corrected chi connectivity index (χ3v) is 2.36. The minimum Gasteiger partial charge on any atom is -0.466 e. The molecule has 2 N–H and O–H groups in total. The predicted molar refractivity (Wildman–Crippen MR) is 71.8 cm³/mol. The van der Waals surface area contributed by atoms with Crippen LogP contribution < -0.4 is 10.1 Å². The average Bonchev–Trinajstić information content (AvgIpc) is 2.93. The van der Waals surface area contributed by atoms with Gasteiger partial charge in [-0.3, -0.25) is 10.1 Å². The number of ether oxygens (including phenoxy) is 1. The average molecular weight is 269 g/mol. The molecule has 0 radical (unpaired) electrons. The van der Waals surface area contributed by atoms with Crippen LogP contribution in [-0.2, 0) is 4.79 Å². The number of aromatic amines is 1. The van der Waals surface area contributed by atoms with Gasteiger partial charge in [-0.1, -0.05) is 12.1 Å². The first kappa shape index (κ1) is 13.3. The quantitative estimate of drug-likeness (QED) is 0.815. The van der Waals surface area contributed by atoms with Gasteiger partial charge in [0.05, 0.1) is 18.7 Å². The Hall–Kier alpha value is -3.14. The number of hydrogen-bond acceptors (Lipinski definition) is 5. The summed E-state index contributed by atoms with van der Waals surface area (Å²) in [5.41, 5.74) is 1.38. The Labute approximate surface area is 114 Å². The standard InChI is InChI=1S/C13H11N5O2/c1-20-13-16-12(17-18-13)15-11(19)7-6-9-2-4-10(8-14)5-3-9/h2-7H,1H3,(H2,15,16,17,18,19)/b7-6+. The van der Waals surface area contributed by atoms with Crippen molar-refractivity contribution in [2.45, 2.75) is 0 Å². The lowest BCUT2D eigenvalue weighted by molar-refractivity contribution is -0.111. The molecule has 0 saturated carbocycles. The van der Waals surface area contributed by atoms with Crippen LogP contribution in [0.15, 0.2) is 30.3 Å². The van der Waals surface area contributed by atoms with E-state index in [1.165, 1.54) is 13.2 Å². The molecule has 7 heteroatoms. The van der Waals surface area contributed by atoms with Crippen molar-refractivity contribution in [2.24, 2.45) is 0 Å². The molecule has 1 amide bonds. The van der Waals surface area contributed by atoms with Crippen LogP contribution in [0.5, 0.6) is 6.01 Å². The molecular formula is C13H11N5O2. The number of carbonyl (C=O) groups excluding carboxylic acids is 1. The Morgan fingerprint density at radius 1 is 1.45 bits per heavy atom. The summed E-state index contributed by atoms with van der Waals surface area (Å²) < 4.78 is 4.78. The second-order valence-electron chi connectivity index (χ2n) is 3.73. The van der Waals surface area contributed by atoms with Crippen LogP contribution in [0, 0.1) is 11.3 Å². The normalized spacial score (nSPS) is 10.2. The van der Waals surface area contributed by atoms with Gasteiger partial charge in [-0.15, -0.1) is 5.10 Å². The van der Waals surface area contributed by atoms with E-state index in [1.807, 2.05) is 6.07 Å². The van der Waals surface area contributed by atoms with Crippen LogP contribution >= 0.6 is 0 Å². The van der Waals surface area contributed by atoms with E-state index in [0.717, 1.165) is 5.56 Å². The molecule has 0 spiro atoms. The van der Waals surface area contributed by atoms with Gasteiger partial charge in [-0.25, -0.2) is 5.10 Å². The summed E-state index contributed by atoms with van der Waals surface area (Å²) in [5.74, 6) is -0.149. The van der Waals surface area contributed by atoms with Crippen molar-refractivity contribution in [3.63, 3.8) is 0 Å². The number of nitrogens with zero attached hydrogens (tertiary/aromatic N) is 3. The Morgan fingerprint density at radius 3 is 2.80 bits per heavy atom. The van der Waals surface area contributed by atoms with E-state index >= 15 is 0 Å². The minimum absolute atomic E-state index is 0.149. The van der Waals surface area contributed by atoms with Gasteiger partial charge in [-0.2, -0.15) is 10.2 Å². The molecule has 1 aromatic carbocycles. The van der Waals surface area contributed by atoms with E-state index < -0.39 is 0 Å². The van der Waals surface area contributed by atoms with Crippen LogP contribution in [0.4, 0.5) is 5.95 Å². The van der Waals surface area contributed by atoms with Crippen LogP contribution in [0.2, 0.25) is 0 Å². The lowest BCUT2D eigenvalue weighted by Gasteiger charge is -1.96. The van der Waals surface area contributed by atoms with Gasteiger partial charge >= 0.3 is 6.01 Å². The largest absolute Gasteiger partial charge is 0.466 e. The molecule has 0 fully saturated rings. The molecule has 1 aromatic heterocycles. The summed E-state index contributed by atoms with van der Waals surface area (Å²) in [7, 11) is 1.43. The summed E-state index contributed by atoms with van der Waals surface area (Å²) in [4.78, 5) is 15.5.